The van der Waals surface area contributed by atoms with E-state index in [1.165, 1.54) is 0 Å². The average molecular weight is 346 g/mol. The fourth-order valence-corrected chi connectivity index (χ4v) is 2.76. The average Bonchev–Trinajstić information content (AvgIpc) is 2.66. The fraction of sp³-hybridized carbons (Fsp3) is 0.143. The van der Waals surface area contributed by atoms with Gasteiger partial charge in [0.2, 0.25) is 0 Å². The molecule has 0 saturated heterocycles. The van der Waals surface area contributed by atoms with Crippen LogP contribution < -0.4 is 15.0 Å². The molecule has 1 aromatic heterocycles. The first-order valence-electron chi connectivity index (χ1n) is 8.05. The van der Waals surface area contributed by atoms with Crippen LogP contribution in [0.4, 0.5) is 0 Å². The molecule has 0 unspecified atom stereocenters. The van der Waals surface area contributed by atoms with E-state index in [0.717, 1.165) is 11.1 Å². The summed E-state index contributed by atoms with van der Waals surface area (Å²) in [6.07, 6.45) is 7.62. The molecule has 130 valence electrons. The highest BCUT2D eigenvalue weighted by atomic mass is 16.5. The van der Waals surface area contributed by atoms with Crippen molar-refractivity contribution in [1.29, 1.82) is 0 Å². The summed E-state index contributed by atoms with van der Waals surface area (Å²) in [7, 11) is 1.55. The molecule has 3 rings (SSSR count). The fourth-order valence-electron chi connectivity index (χ4n) is 2.76. The summed E-state index contributed by atoms with van der Waals surface area (Å²) in [5.74, 6) is 3.99. The predicted octanol–water partition coefficient (Wildman–Crippen LogP) is 3.34. The van der Waals surface area contributed by atoms with Crippen molar-refractivity contribution in [2.24, 2.45) is 0 Å². The van der Waals surface area contributed by atoms with E-state index < -0.39 is 0 Å². The lowest BCUT2D eigenvalue weighted by atomic mass is 10.0. The molecule has 5 nitrogen and oxygen atoms in total. The molecule has 2 aromatic carbocycles. The summed E-state index contributed by atoms with van der Waals surface area (Å²) >= 11 is 0. The normalized spacial score (nSPS) is 10.3. The second-order valence-electron chi connectivity index (χ2n) is 5.58. The summed E-state index contributed by atoms with van der Waals surface area (Å²) in [5, 5.41) is 0.545. The zero-order chi connectivity index (χ0) is 18.5. The smallest absolute Gasteiger partial charge is 0.259 e. The van der Waals surface area contributed by atoms with E-state index >= 15 is 0 Å². The van der Waals surface area contributed by atoms with Gasteiger partial charge in [-0.05, 0) is 30.7 Å². The standard InChI is InChI=1S/C21H18N2O3/c1-4-8-14-12-15(13-18(25-3)19(14)26-11-5-2)20-22-17-10-7-6-9-16(17)21(24)23-20/h2,4,6-7,9-10,12-13H,1,8,11H2,3H3,(H,22,23,24). The Kier molecular flexibility index (Phi) is 5.04. The van der Waals surface area contributed by atoms with Gasteiger partial charge in [0.05, 0.1) is 18.0 Å². The lowest BCUT2D eigenvalue weighted by molar-refractivity contribution is 0.328. The zero-order valence-corrected chi connectivity index (χ0v) is 14.4. The number of ether oxygens (including phenoxy) is 2. The van der Waals surface area contributed by atoms with Crippen LogP contribution in [0, 0.1) is 12.3 Å². The van der Waals surface area contributed by atoms with Gasteiger partial charge in [-0.1, -0.05) is 24.1 Å². The van der Waals surface area contributed by atoms with Crippen molar-refractivity contribution < 1.29 is 9.47 Å². The van der Waals surface area contributed by atoms with Crippen LogP contribution in [-0.2, 0) is 6.42 Å². The van der Waals surface area contributed by atoms with Crippen molar-refractivity contribution >= 4 is 10.9 Å². The minimum Gasteiger partial charge on any atom is -0.493 e. The number of para-hydroxylation sites is 1. The molecule has 5 heteroatoms. The van der Waals surface area contributed by atoms with Crippen molar-refractivity contribution in [2.45, 2.75) is 6.42 Å². The van der Waals surface area contributed by atoms with E-state index in [1.54, 1.807) is 31.4 Å². The summed E-state index contributed by atoms with van der Waals surface area (Å²) in [6.45, 7) is 3.91. The number of hydrogen-bond acceptors (Lipinski definition) is 4. The van der Waals surface area contributed by atoms with Gasteiger partial charge in [-0.3, -0.25) is 4.79 Å². The number of allylic oxidation sites excluding steroid dienone is 1. The molecular formula is C21H18N2O3. The summed E-state index contributed by atoms with van der Waals surface area (Å²) in [6, 6.07) is 10.9. The zero-order valence-electron chi connectivity index (χ0n) is 14.4. The molecule has 26 heavy (non-hydrogen) atoms. The van der Waals surface area contributed by atoms with E-state index in [0.29, 0.717) is 34.6 Å². The molecule has 0 aliphatic carbocycles. The first kappa shape index (κ1) is 17.3. The third-order valence-electron chi connectivity index (χ3n) is 3.90. The Hall–Kier alpha value is -3.52. The number of rotatable bonds is 6. The van der Waals surface area contributed by atoms with Crippen LogP contribution in [0.3, 0.4) is 0 Å². The minimum atomic E-state index is -0.192. The van der Waals surface area contributed by atoms with Gasteiger partial charge < -0.3 is 14.5 Å². The van der Waals surface area contributed by atoms with E-state index in [9.17, 15) is 4.79 Å². The predicted molar refractivity (Wildman–Crippen MR) is 103 cm³/mol. The Bertz CT molecular complexity index is 1060. The van der Waals surface area contributed by atoms with Crippen molar-refractivity contribution in [2.75, 3.05) is 13.7 Å². The van der Waals surface area contributed by atoms with Gasteiger partial charge in [-0.15, -0.1) is 13.0 Å². The van der Waals surface area contributed by atoms with E-state index in [4.69, 9.17) is 15.9 Å². The van der Waals surface area contributed by atoms with Crippen molar-refractivity contribution in [3.63, 3.8) is 0 Å². The maximum Gasteiger partial charge on any atom is 0.259 e. The van der Waals surface area contributed by atoms with Crippen LogP contribution in [0.5, 0.6) is 11.5 Å². The molecule has 0 amide bonds. The molecule has 0 spiro atoms. The number of aromatic nitrogens is 2. The number of benzene rings is 2. The van der Waals surface area contributed by atoms with Gasteiger partial charge in [0, 0.05) is 11.1 Å². The summed E-state index contributed by atoms with van der Waals surface area (Å²) in [4.78, 5) is 19.7. The molecule has 1 N–H and O–H groups in total. The molecule has 0 radical (unpaired) electrons. The van der Waals surface area contributed by atoms with Crippen LogP contribution in [0.15, 0.2) is 53.8 Å². The number of hydrogen-bond donors (Lipinski definition) is 1. The molecule has 0 aliphatic heterocycles. The third kappa shape index (κ3) is 3.31. The first-order valence-corrected chi connectivity index (χ1v) is 8.05. The van der Waals surface area contributed by atoms with Gasteiger partial charge in [0.25, 0.3) is 5.56 Å². The lowest BCUT2D eigenvalue weighted by Gasteiger charge is -2.15. The van der Waals surface area contributed by atoms with Crippen LogP contribution in [-0.4, -0.2) is 23.7 Å². The third-order valence-corrected chi connectivity index (χ3v) is 3.90. The molecule has 0 atom stereocenters. The largest absolute Gasteiger partial charge is 0.493 e. The van der Waals surface area contributed by atoms with Crippen LogP contribution >= 0.6 is 0 Å². The number of fused-ring (bicyclic) bond motifs is 1. The van der Waals surface area contributed by atoms with E-state index in [2.05, 4.69) is 22.5 Å². The van der Waals surface area contributed by atoms with Crippen LogP contribution in [0.2, 0.25) is 0 Å². The van der Waals surface area contributed by atoms with Gasteiger partial charge >= 0.3 is 0 Å². The highest BCUT2D eigenvalue weighted by Gasteiger charge is 2.15. The monoisotopic (exact) mass is 346 g/mol. The van der Waals surface area contributed by atoms with Crippen molar-refractivity contribution in [1.82, 2.24) is 9.97 Å². The van der Waals surface area contributed by atoms with Crippen molar-refractivity contribution in [3.8, 4) is 35.2 Å². The number of terminal acetylenes is 1. The molecule has 0 fully saturated rings. The second-order valence-corrected chi connectivity index (χ2v) is 5.58. The Morgan fingerprint density at radius 3 is 2.88 bits per heavy atom. The Labute approximate surface area is 151 Å². The molecule has 1 heterocycles. The van der Waals surface area contributed by atoms with Gasteiger partial charge in [-0.2, -0.15) is 0 Å². The van der Waals surface area contributed by atoms with Gasteiger partial charge in [0.15, 0.2) is 11.5 Å². The first-order chi connectivity index (χ1) is 12.7. The van der Waals surface area contributed by atoms with Crippen molar-refractivity contribution in [3.05, 3.63) is 65.0 Å². The highest BCUT2D eigenvalue weighted by Crippen LogP contribution is 2.36. The summed E-state index contributed by atoms with van der Waals surface area (Å²) in [5.41, 5.74) is 2.00. The number of nitrogens with zero attached hydrogens (tertiary/aromatic N) is 1. The SMILES string of the molecule is C#CCOc1c(CC=C)cc(-c2nc3ccccc3c(=O)[nH]2)cc1OC. The van der Waals surface area contributed by atoms with E-state index in [1.807, 2.05) is 18.2 Å². The molecule has 0 saturated carbocycles. The number of H-pyrrole nitrogens is 1. The Morgan fingerprint density at radius 2 is 2.15 bits per heavy atom. The molecule has 3 aromatic rings. The van der Waals surface area contributed by atoms with Gasteiger partial charge in [0.1, 0.15) is 12.4 Å². The number of aromatic amines is 1. The Balaban J connectivity index is 2.19. The lowest BCUT2D eigenvalue weighted by Crippen LogP contribution is -2.10. The Morgan fingerprint density at radius 1 is 1.35 bits per heavy atom. The molecule has 0 aliphatic rings. The van der Waals surface area contributed by atoms with Gasteiger partial charge in [-0.25, -0.2) is 4.98 Å². The maximum atomic E-state index is 12.4. The highest BCUT2D eigenvalue weighted by molar-refractivity contribution is 5.79. The maximum absolute atomic E-state index is 12.4. The van der Waals surface area contributed by atoms with Crippen LogP contribution in [0.1, 0.15) is 5.56 Å². The minimum absolute atomic E-state index is 0.130. The topological polar surface area (TPSA) is 64.2 Å². The quantitative estimate of drug-likeness (QED) is 0.549. The van der Waals surface area contributed by atoms with Crippen LogP contribution in [0.25, 0.3) is 22.3 Å². The number of methoxy groups -OCH3 is 1. The molecular weight excluding hydrogens is 328 g/mol. The summed E-state index contributed by atoms with van der Waals surface area (Å²) < 4.78 is 11.1. The molecule has 0 bridgehead atoms. The van der Waals surface area contributed by atoms with E-state index in [-0.39, 0.29) is 12.2 Å². The second kappa shape index (κ2) is 7.58. The number of nitrogens with one attached hydrogen (secondary N) is 1.